The maximum Gasteiger partial charge on any atom is 0.246 e. The fraction of sp³-hybridized carbons (Fsp3) is 0.657. The number of carbonyl (C=O) groups is 4. The second kappa shape index (κ2) is 16.7. The van der Waals surface area contributed by atoms with Gasteiger partial charge in [-0.05, 0) is 56.1 Å². The lowest BCUT2D eigenvalue weighted by molar-refractivity contribution is -0.147. The number of aromatic nitrogens is 1. The van der Waals surface area contributed by atoms with Crippen LogP contribution in [0.5, 0.6) is 0 Å². The molecule has 266 valence electrons. The molecule has 1 aromatic carbocycles. The Labute approximate surface area is 284 Å². The number of piperidine rings is 1. The quantitative estimate of drug-likeness (QED) is 0.274. The van der Waals surface area contributed by atoms with Gasteiger partial charge in [0.1, 0.15) is 41.1 Å². The van der Waals surface area contributed by atoms with Gasteiger partial charge in [0, 0.05) is 30.8 Å². The third-order valence-corrected chi connectivity index (χ3v) is 11.9. The zero-order valence-corrected chi connectivity index (χ0v) is 29.8. The first-order valence-electron chi connectivity index (χ1n) is 17.4. The van der Waals surface area contributed by atoms with E-state index in [1.165, 1.54) is 6.26 Å². The molecule has 2 fully saturated rings. The lowest BCUT2D eigenvalue weighted by Crippen LogP contribution is -2.64. The van der Waals surface area contributed by atoms with E-state index in [4.69, 9.17) is 4.84 Å². The molecule has 2 aromatic rings. The monoisotopic (exact) mass is 687 g/mol. The van der Waals surface area contributed by atoms with Gasteiger partial charge in [0.25, 0.3) is 0 Å². The second-order valence-electron chi connectivity index (χ2n) is 13.4. The van der Waals surface area contributed by atoms with Crippen molar-refractivity contribution in [1.29, 1.82) is 0 Å². The van der Waals surface area contributed by atoms with Gasteiger partial charge in [0.05, 0.1) is 10.8 Å². The Hall–Kier alpha value is -3.61. The average Bonchev–Trinajstić information content (AvgIpc) is 3.43. The number of benzene rings is 1. The number of nitrogens with zero attached hydrogens (tertiary/aromatic N) is 2. The maximum absolute atomic E-state index is 14.1. The van der Waals surface area contributed by atoms with E-state index in [2.05, 4.69) is 16.0 Å². The van der Waals surface area contributed by atoms with E-state index in [1.807, 2.05) is 45.0 Å². The van der Waals surface area contributed by atoms with Crippen molar-refractivity contribution in [1.82, 2.24) is 25.6 Å². The number of nitrogens with one attached hydrogen (secondary N) is 3. The zero-order valence-electron chi connectivity index (χ0n) is 29.0. The lowest BCUT2D eigenvalue weighted by atomic mass is 9.93. The molecule has 13 heteroatoms. The van der Waals surface area contributed by atoms with Crippen LogP contribution in [0.15, 0.2) is 30.5 Å². The standard InChI is InChI=1S/C35H53N5O7S/c1-6-23(3)31-35(44)39-20-14-13-19-30(39)34(43)36-27(17-10-8-9-15-25(7-2)48(5,45)46)32(41)37-28(33(42)38-31)21-24-22-40(47-4)29-18-12-11-16-26(24)29/h11-12,16,18,22-23,25,27-28,30-31H,6-10,13-15,17,19-21H2,1-5H3,(H,36,43)(H,37,41)(H,38,42)/t23?,25?,27-,28-,30+,31-/m0/s1. The Morgan fingerprint density at radius 1 is 0.917 bits per heavy atom. The van der Waals surface area contributed by atoms with Gasteiger partial charge in [-0.15, -0.1) is 0 Å². The van der Waals surface area contributed by atoms with Crippen LogP contribution in [0.2, 0.25) is 0 Å². The number of rotatable bonds is 13. The van der Waals surface area contributed by atoms with Crippen LogP contribution in [0, 0.1) is 5.92 Å². The van der Waals surface area contributed by atoms with Gasteiger partial charge < -0.3 is 25.7 Å². The minimum Gasteiger partial charge on any atom is -0.417 e. The van der Waals surface area contributed by atoms with Crippen LogP contribution >= 0.6 is 0 Å². The summed E-state index contributed by atoms with van der Waals surface area (Å²) in [6.07, 6.45) is 9.11. The van der Waals surface area contributed by atoms with Gasteiger partial charge in [-0.2, -0.15) is 4.73 Å². The number of hydrogen-bond acceptors (Lipinski definition) is 7. The number of fused-ring (bicyclic) bond motifs is 2. The fourth-order valence-corrected chi connectivity index (χ4v) is 8.17. The predicted molar refractivity (Wildman–Crippen MR) is 185 cm³/mol. The topological polar surface area (TPSA) is 156 Å². The minimum atomic E-state index is -3.14. The van der Waals surface area contributed by atoms with Crippen LogP contribution in [-0.4, -0.2) is 91.0 Å². The van der Waals surface area contributed by atoms with Crippen LogP contribution in [0.3, 0.4) is 0 Å². The molecule has 48 heavy (non-hydrogen) atoms. The molecular weight excluding hydrogens is 634 g/mol. The zero-order chi connectivity index (χ0) is 35.0. The molecule has 4 rings (SSSR count). The van der Waals surface area contributed by atoms with E-state index in [0.717, 1.165) is 29.3 Å². The fourth-order valence-electron chi connectivity index (χ4n) is 6.97. The summed E-state index contributed by atoms with van der Waals surface area (Å²) in [4.78, 5) is 63.1. The molecule has 12 nitrogen and oxygen atoms in total. The minimum absolute atomic E-state index is 0.132. The van der Waals surface area contributed by atoms with E-state index in [1.54, 1.807) is 22.9 Å². The second-order valence-corrected chi connectivity index (χ2v) is 15.7. The van der Waals surface area contributed by atoms with Crippen molar-refractivity contribution in [2.75, 3.05) is 19.9 Å². The van der Waals surface area contributed by atoms with Crippen LogP contribution in [0.1, 0.15) is 90.5 Å². The number of amides is 4. The number of carbonyl (C=O) groups excluding carboxylic acids is 4. The van der Waals surface area contributed by atoms with Crippen LogP contribution < -0.4 is 20.8 Å². The summed E-state index contributed by atoms with van der Waals surface area (Å²) >= 11 is 0. The van der Waals surface area contributed by atoms with Crippen LogP contribution in [0.4, 0.5) is 0 Å². The molecule has 0 spiro atoms. The highest BCUT2D eigenvalue weighted by Gasteiger charge is 2.41. The van der Waals surface area contributed by atoms with Crippen molar-refractivity contribution in [3.05, 3.63) is 36.0 Å². The molecule has 3 heterocycles. The third kappa shape index (κ3) is 8.89. The molecule has 0 aliphatic carbocycles. The third-order valence-electron chi connectivity index (χ3n) is 10.1. The van der Waals surface area contributed by atoms with Crippen molar-refractivity contribution in [2.24, 2.45) is 5.92 Å². The normalized spacial score (nSPS) is 24.1. The largest absolute Gasteiger partial charge is 0.417 e. The van der Waals surface area contributed by atoms with Gasteiger partial charge in [0.15, 0.2) is 0 Å². The molecule has 6 atom stereocenters. The highest BCUT2D eigenvalue weighted by molar-refractivity contribution is 7.91. The Morgan fingerprint density at radius 3 is 2.31 bits per heavy atom. The molecule has 2 unspecified atom stereocenters. The molecule has 2 aliphatic heterocycles. The Bertz CT molecular complexity index is 1560. The van der Waals surface area contributed by atoms with E-state index >= 15 is 0 Å². The molecule has 0 saturated carbocycles. The van der Waals surface area contributed by atoms with Crippen molar-refractivity contribution in [3.63, 3.8) is 0 Å². The molecule has 3 N–H and O–H groups in total. The highest BCUT2D eigenvalue weighted by atomic mass is 32.2. The molecule has 2 saturated heterocycles. The molecular formula is C35H53N5O7S. The Kier molecular flexibility index (Phi) is 12.9. The van der Waals surface area contributed by atoms with Gasteiger partial charge >= 0.3 is 0 Å². The lowest BCUT2D eigenvalue weighted by Gasteiger charge is -2.39. The van der Waals surface area contributed by atoms with Crippen molar-refractivity contribution >= 4 is 44.4 Å². The SMILES string of the molecule is CCC(C)[C@@H]1NC(=O)[C@H](Cc2cn(OC)c3ccccc23)NC(=O)[C@H](CCCCCC(CC)S(C)(=O)=O)NC(=O)[C@H]2CCCCN2C1=O. The first-order valence-corrected chi connectivity index (χ1v) is 19.4. The summed E-state index contributed by atoms with van der Waals surface area (Å²) in [7, 11) is -1.59. The summed E-state index contributed by atoms with van der Waals surface area (Å²) < 4.78 is 25.7. The summed E-state index contributed by atoms with van der Waals surface area (Å²) in [5.74, 6) is -1.81. The van der Waals surface area contributed by atoms with Crippen LogP contribution in [0.25, 0.3) is 10.9 Å². The molecule has 0 bridgehead atoms. The first kappa shape index (κ1) is 37.2. The van der Waals surface area contributed by atoms with E-state index in [-0.39, 0.29) is 24.2 Å². The van der Waals surface area contributed by atoms with Crippen molar-refractivity contribution in [2.45, 2.75) is 121 Å². The Morgan fingerprint density at radius 2 is 1.62 bits per heavy atom. The first-order chi connectivity index (χ1) is 22.9. The number of unbranched alkanes of at least 4 members (excludes halogenated alkanes) is 2. The summed E-state index contributed by atoms with van der Waals surface area (Å²) in [6, 6.07) is 4.04. The molecule has 1 aromatic heterocycles. The summed E-state index contributed by atoms with van der Waals surface area (Å²) in [5.41, 5.74) is 1.59. The smallest absolute Gasteiger partial charge is 0.246 e. The Balaban J connectivity index is 1.64. The maximum atomic E-state index is 14.1. The van der Waals surface area contributed by atoms with Crippen molar-refractivity contribution < 1.29 is 32.4 Å². The molecule has 2 aliphatic rings. The van der Waals surface area contributed by atoms with E-state index < -0.39 is 51.1 Å². The summed E-state index contributed by atoms with van der Waals surface area (Å²) in [6.45, 7) is 6.12. The predicted octanol–water partition coefficient (Wildman–Crippen LogP) is 2.91. The number of hydrogen-bond donors (Lipinski definition) is 3. The average molecular weight is 688 g/mol. The van der Waals surface area contributed by atoms with Gasteiger partial charge in [0.2, 0.25) is 23.6 Å². The summed E-state index contributed by atoms with van der Waals surface area (Å²) in [5, 5.41) is 9.31. The van der Waals surface area contributed by atoms with Crippen LogP contribution in [-0.2, 0) is 35.4 Å². The highest BCUT2D eigenvalue weighted by Crippen LogP contribution is 2.25. The van der Waals surface area contributed by atoms with E-state index in [9.17, 15) is 27.6 Å². The van der Waals surface area contributed by atoms with E-state index in [0.29, 0.717) is 57.9 Å². The van der Waals surface area contributed by atoms with Gasteiger partial charge in [-0.3, -0.25) is 19.2 Å². The molecule has 4 amide bonds. The van der Waals surface area contributed by atoms with Gasteiger partial charge in [-0.1, -0.05) is 64.7 Å². The molecule has 0 radical (unpaired) electrons. The van der Waals surface area contributed by atoms with Gasteiger partial charge in [-0.25, -0.2) is 8.42 Å². The van der Waals surface area contributed by atoms with Crippen molar-refractivity contribution in [3.8, 4) is 0 Å². The number of sulfone groups is 1. The number of para-hydroxylation sites is 1.